The van der Waals surface area contributed by atoms with Gasteiger partial charge in [0.15, 0.2) is 0 Å². The Morgan fingerprint density at radius 2 is 1.74 bits per heavy atom. The van der Waals surface area contributed by atoms with Crippen LogP contribution in [0.25, 0.3) is 0 Å². The second kappa shape index (κ2) is 13.1. The van der Waals surface area contributed by atoms with Gasteiger partial charge in [0.1, 0.15) is 6.04 Å². The van der Waals surface area contributed by atoms with Gasteiger partial charge in [0.2, 0.25) is 5.91 Å². The van der Waals surface area contributed by atoms with Gasteiger partial charge in [0, 0.05) is 31.7 Å². The molecule has 2 aliphatic rings. The quantitative estimate of drug-likeness (QED) is 0.324. The van der Waals surface area contributed by atoms with Crippen molar-refractivity contribution in [1.82, 2.24) is 25.1 Å². The number of hydrogen-bond acceptors (Lipinski definition) is 4. The molecule has 1 aliphatic carbocycles. The second-order valence-electron chi connectivity index (χ2n) is 11.7. The van der Waals surface area contributed by atoms with Crippen LogP contribution in [0.15, 0.2) is 54.9 Å². The van der Waals surface area contributed by atoms with E-state index in [-0.39, 0.29) is 18.5 Å². The fourth-order valence-electron chi connectivity index (χ4n) is 6.20. The van der Waals surface area contributed by atoms with E-state index in [1.165, 1.54) is 16.7 Å². The number of rotatable bonds is 8. The van der Waals surface area contributed by atoms with E-state index < -0.39 is 12.1 Å². The van der Waals surface area contributed by atoms with Crippen molar-refractivity contribution in [3.05, 3.63) is 82.9 Å². The fraction of sp³-hybridized carbons (Fsp3) is 0.438. The lowest BCUT2D eigenvalue weighted by Crippen LogP contribution is -2.54. The van der Waals surface area contributed by atoms with E-state index in [1.54, 1.807) is 4.90 Å². The fourth-order valence-corrected chi connectivity index (χ4v) is 6.20. The van der Waals surface area contributed by atoms with E-state index >= 15 is 0 Å². The van der Waals surface area contributed by atoms with Gasteiger partial charge in [-0.05, 0) is 68.2 Å². The third kappa shape index (κ3) is 7.10. The molecule has 5 rings (SSSR count). The van der Waals surface area contributed by atoms with Crippen LogP contribution in [0.2, 0.25) is 0 Å². The number of carbonyl (C=O) groups excluding carboxylic acids is 3. The summed E-state index contributed by atoms with van der Waals surface area (Å²) < 4.78 is 2.09. The molecule has 1 aromatic heterocycles. The van der Waals surface area contributed by atoms with Crippen molar-refractivity contribution in [2.75, 3.05) is 18.4 Å². The molecule has 0 saturated heterocycles. The third-order valence-corrected chi connectivity index (χ3v) is 8.57. The topological polar surface area (TPSA) is 134 Å². The molecule has 10 heteroatoms. The van der Waals surface area contributed by atoms with Crippen LogP contribution in [0.5, 0.6) is 0 Å². The zero-order valence-corrected chi connectivity index (χ0v) is 24.4. The Kier molecular flexibility index (Phi) is 9.09. The summed E-state index contributed by atoms with van der Waals surface area (Å²) in [6, 6.07) is 14.2. The molecular weight excluding hydrogens is 530 g/mol. The normalized spacial score (nSPS) is 20.0. The van der Waals surface area contributed by atoms with Gasteiger partial charge < -0.3 is 31.2 Å². The Bertz CT molecular complexity index is 1420. The smallest absolute Gasteiger partial charge is 0.322 e. The zero-order valence-electron chi connectivity index (χ0n) is 24.4. The maximum Gasteiger partial charge on any atom is 0.322 e. The lowest BCUT2D eigenvalue weighted by molar-refractivity contribution is -0.126. The molecule has 222 valence electrons. The Morgan fingerprint density at radius 1 is 1.00 bits per heavy atom. The number of imidazole rings is 1. The number of fused-ring (bicyclic) bond motifs is 1. The van der Waals surface area contributed by atoms with E-state index in [9.17, 15) is 14.4 Å². The van der Waals surface area contributed by atoms with Crippen molar-refractivity contribution < 1.29 is 14.4 Å². The molecule has 10 nitrogen and oxygen atoms in total. The number of carbonyl (C=O) groups is 3. The number of anilines is 1. The zero-order chi connectivity index (χ0) is 29.6. The molecule has 5 N–H and O–H groups in total. The average Bonchev–Trinajstić information content (AvgIpc) is 3.38. The molecular formula is C32H41N7O3. The summed E-state index contributed by atoms with van der Waals surface area (Å²) in [7, 11) is 0. The molecule has 2 heterocycles. The largest absolute Gasteiger partial charge is 0.354 e. The van der Waals surface area contributed by atoms with Gasteiger partial charge in [-0.2, -0.15) is 0 Å². The van der Waals surface area contributed by atoms with Gasteiger partial charge in [-0.3, -0.25) is 4.79 Å². The summed E-state index contributed by atoms with van der Waals surface area (Å²) >= 11 is 0. The van der Waals surface area contributed by atoms with Gasteiger partial charge in [0.25, 0.3) is 0 Å². The molecule has 42 heavy (non-hydrogen) atoms. The standard InChI is InChI=1S/C32H41N7O3/c1-21-11-12-22(2)25(13-21)18-38-20-36-27-15-28(39(19-29(27)38)32(42)37-26-9-4-3-5-10-26)30(40)34-16-23-7-6-8-24(14-23)17-35-31(33)41/h3-5,9-13,20,23-24,28H,6-8,14-19H2,1-2H3,(H,34,40)(H,37,42)(H3,33,35,41). The summed E-state index contributed by atoms with van der Waals surface area (Å²) in [5.74, 6) is 0.481. The van der Waals surface area contributed by atoms with Crippen LogP contribution in [-0.2, 0) is 24.3 Å². The second-order valence-corrected chi connectivity index (χ2v) is 11.7. The summed E-state index contributed by atoms with van der Waals surface area (Å²) in [4.78, 5) is 44.7. The molecule has 1 saturated carbocycles. The first-order chi connectivity index (χ1) is 20.3. The van der Waals surface area contributed by atoms with Gasteiger partial charge in [-0.1, -0.05) is 48.4 Å². The number of amides is 5. The maximum absolute atomic E-state index is 13.7. The van der Waals surface area contributed by atoms with E-state index in [4.69, 9.17) is 5.73 Å². The summed E-state index contributed by atoms with van der Waals surface area (Å²) in [6.45, 7) is 6.20. The number of para-hydroxylation sites is 1. The molecule has 5 amide bonds. The highest BCUT2D eigenvalue weighted by Crippen LogP contribution is 2.29. The molecule has 2 aromatic carbocycles. The molecule has 1 fully saturated rings. The van der Waals surface area contributed by atoms with E-state index in [0.717, 1.165) is 37.1 Å². The molecule has 0 spiro atoms. The van der Waals surface area contributed by atoms with Crippen molar-refractivity contribution in [1.29, 1.82) is 0 Å². The minimum Gasteiger partial charge on any atom is -0.354 e. The van der Waals surface area contributed by atoms with Crippen molar-refractivity contribution in [2.24, 2.45) is 17.6 Å². The predicted molar refractivity (Wildman–Crippen MR) is 162 cm³/mol. The molecule has 0 bridgehead atoms. The number of benzene rings is 2. The lowest BCUT2D eigenvalue weighted by Gasteiger charge is -2.35. The van der Waals surface area contributed by atoms with Crippen LogP contribution in [-0.4, -0.2) is 51.6 Å². The number of urea groups is 2. The first kappa shape index (κ1) is 29.2. The molecule has 3 aromatic rings. The van der Waals surface area contributed by atoms with Crippen LogP contribution >= 0.6 is 0 Å². The Labute approximate surface area is 247 Å². The summed E-state index contributed by atoms with van der Waals surface area (Å²) in [5.41, 5.74) is 11.3. The van der Waals surface area contributed by atoms with Crippen molar-refractivity contribution in [2.45, 2.75) is 65.1 Å². The number of aromatic nitrogens is 2. The lowest BCUT2D eigenvalue weighted by atomic mass is 9.81. The Balaban J connectivity index is 1.31. The Hall–Kier alpha value is -4.34. The molecule has 3 unspecified atom stereocenters. The van der Waals surface area contributed by atoms with Crippen LogP contribution in [0.1, 0.15) is 53.8 Å². The number of hydrogen-bond donors (Lipinski definition) is 4. The molecule has 3 atom stereocenters. The highest BCUT2D eigenvalue weighted by molar-refractivity contribution is 5.94. The monoisotopic (exact) mass is 571 g/mol. The minimum atomic E-state index is -0.679. The van der Waals surface area contributed by atoms with Crippen LogP contribution in [0, 0.1) is 25.7 Å². The van der Waals surface area contributed by atoms with Gasteiger partial charge in [-0.15, -0.1) is 0 Å². The Morgan fingerprint density at radius 3 is 2.48 bits per heavy atom. The third-order valence-electron chi connectivity index (χ3n) is 8.57. The first-order valence-corrected chi connectivity index (χ1v) is 14.8. The van der Waals surface area contributed by atoms with Crippen molar-refractivity contribution in [3.63, 3.8) is 0 Å². The van der Waals surface area contributed by atoms with Crippen LogP contribution in [0.3, 0.4) is 0 Å². The minimum absolute atomic E-state index is 0.176. The highest BCUT2D eigenvalue weighted by Gasteiger charge is 2.37. The highest BCUT2D eigenvalue weighted by atomic mass is 16.2. The number of nitrogens with zero attached hydrogens (tertiary/aromatic N) is 3. The SMILES string of the molecule is Cc1ccc(C)c(Cn2cnc3c2CN(C(=O)Nc2ccccc2)C(C(=O)NCC2CCCC(CNC(N)=O)C2)C3)c1. The summed E-state index contributed by atoms with van der Waals surface area (Å²) in [6.07, 6.45) is 6.18. The van der Waals surface area contributed by atoms with E-state index in [1.807, 2.05) is 36.7 Å². The van der Waals surface area contributed by atoms with Crippen molar-refractivity contribution in [3.8, 4) is 0 Å². The molecule has 1 aliphatic heterocycles. The predicted octanol–water partition coefficient (Wildman–Crippen LogP) is 4.10. The van der Waals surface area contributed by atoms with E-state index in [0.29, 0.717) is 43.6 Å². The maximum atomic E-state index is 13.7. The number of aryl methyl sites for hydroxylation is 2. The van der Waals surface area contributed by atoms with Gasteiger partial charge >= 0.3 is 12.1 Å². The molecule has 0 radical (unpaired) electrons. The van der Waals surface area contributed by atoms with Gasteiger partial charge in [0.05, 0.1) is 24.3 Å². The first-order valence-electron chi connectivity index (χ1n) is 14.8. The number of primary amides is 1. The van der Waals surface area contributed by atoms with Crippen LogP contribution < -0.4 is 21.7 Å². The number of nitrogens with one attached hydrogen (secondary N) is 3. The van der Waals surface area contributed by atoms with Crippen LogP contribution in [0.4, 0.5) is 15.3 Å². The summed E-state index contributed by atoms with van der Waals surface area (Å²) in [5, 5.41) is 8.83. The average molecular weight is 572 g/mol. The van der Waals surface area contributed by atoms with E-state index in [2.05, 4.69) is 57.5 Å². The van der Waals surface area contributed by atoms with Crippen molar-refractivity contribution >= 4 is 23.7 Å². The van der Waals surface area contributed by atoms with Gasteiger partial charge in [-0.25, -0.2) is 14.6 Å². The number of nitrogens with two attached hydrogens (primary N) is 1.